The van der Waals surface area contributed by atoms with Crippen LogP contribution in [0.4, 0.5) is 51.1 Å². The van der Waals surface area contributed by atoms with E-state index in [-0.39, 0.29) is 56.6 Å². The second-order valence-corrected chi connectivity index (χ2v) is 14.3. The Hall–Kier alpha value is -7.10. The van der Waals surface area contributed by atoms with Crippen molar-refractivity contribution in [2.75, 3.05) is 59.8 Å². The van der Waals surface area contributed by atoms with Gasteiger partial charge in [-0.25, -0.2) is 33.8 Å². The average molecular weight is 847 g/mol. The first-order valence-corrected chi connectivity index (χ1v) is 19.0. The maximum atomic E-state index is 13.8. The van der Waals surface area contributed by atoms with Gasteiger partial charge in [-0.15, -0.1) is 5.10 Å². The van der Waals surface area contributed by atoms with Crippen molar-refractivity contribution in [1.82, 2.24) is 34.6 Å². The third kappa shape index (κ3) is 8.65. The van der Waals surface area contributed by atoms with Crippen LogP contribution in [0.5, 0.6) is 0 Å². The van der Waals surface area contributed by atoms with Gasteiger partial charge in [0.25, 0.3) is 11.6 Å². The van der Waals surface area contributed by atoms with E-state index in [2.05, 4.69) is 30.7 Å². The highest BCUT2D eigenvalue weighted by Crippen LogP contribution is 2.39. The van der Waals surface area contributed by atoms with Gasteiger partial charge in [-0.2, -0.15) is 13.2 Å². The van der Waals surface area contributed by atoms with Crippen molar-refractivity contribution >= 4 is 46.5 Å². The number of nitro benzene ring substituents is 1. The number of fused-ring (bicyclic) bond motifs is 1. The molecule has 0 aliphatic carbocycles. The molecule has 318 valence electrons. The number of alkyl halides is 3. The van der Waals surface area contributed by atoms with Gasteiger partial charge in [0.15, 0.2) is 17.5 Å². The summed E-state index contributed by atoms with van der Waals surface area (Å²) in [6.45, 7) is 6.14. The van der Waals surface area contributed by atoms with E-state index in [1.165, 1.54) is 35.2 Å². The van der Waals surface area contributed by atoms with Gasteiger partial charge in [0.2, 0.25) is 5.91 Å². The minimum Gasteiger partial charge on any atom is -0.379 e. The number of hydrogen-bond donors (Lipinski definition) is 2. The van der Waals surface area contributed by atoms with Crippen LogP contribution in [0.2, 0.25) is 0 Å². The average Bonchev–Trinajstić information content (AvgIpc) is 3.81. The smallest absolute Gasteiger partial charge is 0.379 e. The van der Waals surface area contributed by atoms with Crippen LogP contribution in [0.3, 0.4) is 0 Å². The largest absolute Gasteiger partial charge is 0.423 e. The maximum absolute atomic E-state index is 13.8. The van der Waals surface area contributed by atoms with Gasteiger partial charge in [-0.3, -0.25) is 29.5 Å². The quantitative estimate of drug-likeness (QED) is 0.0598. The number of aryl methyl sites for hydroxylation is 1. The van der Waals surface area contributed by atoms with E-state index in [0.29, 0.717) is 59.8 Å². The maximum Gasteiger partial charge on any atom is 0.423 e. The van der Waals surface area contributed by atoms with Crippen LogP contribution in [-0.4, -0.2) is 102 Å². The van der Waals surface area contributed by atoms with Gasteiger partial charge in [0.1, 0.15) is 28.9 Å². The fourth-order valence-corrected chi connectivity index (χ4v) is 7.02. The van der Waals surface area contributed by atoms with E-state index >= 15 is 0 Å². The number of nitrogens with one attached hydrogen (secondary N) is 2. The number of aromatic nitrogens is 6. The summed E-state index contributed by atoms with van der Waals surface area (Å²) < 4.78 is 62.2. The molecule has 7 rings (SSSR count). The van der Waals surface area contributed by atoms with E-state index < -0.39 is 45.6 Å². The lowest BCUT2D eigenvalue weighted by atomic mass is 9.99. The van der Waals surface area contributed by atoms with E-state index in [0.717, 1.165) is 23.8 Å². The Morgan fingerprint density at radius 2 is 1.80 bits per heavy atom. The molecule has 0 spiro atoms. The first kappa shape index (κ1) is 42.0. The Morgan fingerprint density at radius 1 is 1.03 bits per heavy atom. The first-order valence-electron chi connectivity index (χ1n) is 19.0. The number of likely N-dealkylation sites (N-methyl/N-ethyl adjacent to an activating group) is 1. The van der Waals surface area contributed by atoms with Gasteiger partial charge in [-0.05, 0) is 75.7 Å². The first-order chi connectivity index (χ1) is 29.1. The number of nitrogens with zero attached hydrogens (tertiary/aromatic N) is 10. The van der Waals surface area contributed by atoms with Gasteiger partial charge >= 0.3 is 12.2 Å². The zero-order valence-electron chi connectivity index (χ0n) is 32.9. The molecule has 0 radical (unpaired) electrons. The number of hydrogen-bond acceptors (Lipinski definition) is 12. The number of nitro groups is 1. The van der Waals surface area contributed by atoms with Crippen LogP contribution >= 0.6 is 0 Å². The third-order valence-corrected chi connectivity index (χ3v) is 10.2. The molecule has 2 aliphatic rings. The van der Waals surface area contributed by atoms with Crippen molar-refractivity contribution in [2.24, 2.45) is 0 Å². The summed E-state index contributed by atoms with van der Waals surface area (Å²) in [6.07, 6.45) is -1.68. The van der Waals surface area contributed by atoms with Crippen LogP contribution in [0.25, 0.3) is 22.8 Å². The van der Waals surface area contributed by atoms with Gasteiger partial charge in [0, 0.05) is 48.4 Å². The summed E-state index contributed by atoms with van der Waals surface area (Å²) in [7, 11) is 0. The molecule has 0 saturated carbocycles. The number of anilines is 4. The number of urea groups is 1. The Kier molecular flexibility index (Phi) is 11.6. The van der Waals surface area contributed by atoms with Crippen molar-refractivity contribution in [3.63, 3.8) is 0 Å². The fourth-order valence-electron chi connectivity index (χ4n) is 7.02. The summed E-state index contributed by atoms with van der Waals surface area (Å²) in [5, 5.41) is 21.1. The summed E-state index contributed by atoms with van der Waals surface area (Å²) in [5.41, 5.74) is -2.00. The summed E-state index contributed by atoms with van der Waals surface area (Å²) in [4.78, 5) is 72.3. The van der Waals surface area contributed by atoms with Crippen LogP contribution in [0.15, 0.2) is 67.1 Å². The molecule has 22 heteroatoms. The SMILES string of the molecule is CCN1C(=O)CNc2ncc(-c3ccc(-c4ncn(CCOCCCN5C(=O)N(c6ccc(F)cc6)CC5(C)C(=O)Nc5ccc([N+](=O)[O-])c(C(F)(F)F)c5)n4)nc3C)nc21. The topological polar surface area (TPSA) is 207 Å². The minimum atomic E-state index is -5.08. The van der Waals surface area contributed by atoms with Crippen LogP contribution in [0.1, 0.15) is 31.5 Å². The summed E-state index contributed by atoms with van der Waals surface area (Å²) >= 11 is 0. The van der Waals surface area contributed by atoms with Gasteiger partial charge in [-0.1, -0.05) is 0 Å². The molecule has 3 aromatic heterocycles. The van der Waals surface area contributed by atoms with Crippen molar-refractivity contribution in [3.8, 4) is 22.8 Å². The molecule has 1 atom stereocenters. The molecule has 2 aromatic carbocycles. The number of carbonyl (C=O) groups excluding carboxylic acids is 3. The molecular weight excluding hydrogens is 808 g/mol. The summed E-state index contributed by atoms with van der Waals surface area (Å²) in [6, 6.07) is 10.1. The normalized spacial score (nSPS) is 16.5. The highest BCUT2D eigenvalue weighted by molar-refractivity contribution is 6.07. The fraction of sp³-hybridized carbons (Fsp3) is 0.333. The number of halogens is 4. The van der Waals surface area contributed by atoms with Crippen molar-refractivity contribution in [2.45, 2.75) is 45.5 Å². The predicted octanol–water partition coefficient (Wildman–Crippen LogP) is 5.70. The second-order valence-electron chi connectivity index (χ2n) is 14.3. The number of benzene rings is 2. The molecule has 18 nitrogen and oxygen atoms in total. The molecular formula is C39H38F4N12O6. The van der Waals surface area contributed by atoms with Crippen molar-refractivity contribution in [1.29, 1.82) is 0 Å². The highest BCUT2D eigenvalue weighted by atomic mass is 19.4. The monoisotopic (exact) mass is 846 g/mol. The Morgan fingerprint density at radius 3 is 2.51 bits per heavy atom. The predicted molar refractivity (Wildman–Crippen MR) is 212 cm³/mol. The minimum absolute atomic E-state index is 0.00802. The second kappa shape index (κ2) is 16.9. The van der Waals surface area contributed by atoms with Crippen molar-refractivity contribution < 1.29 is 41.6 Å². The number of pyridine rings is 1. The molecule has 2 N–H and O–H groups in total. The molecule has 61 heavy (non-hydrogen) atoms. The number of ether oxygens (including phenoxy) is 1. The lowest BCUT2D eigenvalue weighted by Crippen LogP contribution is -2.54. The molecule has 2 aliphatic heterocycles. The zero-order chi connectivity index (χ0) is 43.6. The lowest BCUT2D eigenvalue weighted by Gasteiger charge is -2.32. The molecule has 1 unspecified atom stereocenters. The Bertz CT molecular complexity index is 2500. The standard InChI is InChI=1S/C39H38F4N12O6/c1-4-52-32(56)20-45-34-35(52)49-30(19-44-34)27-11-12-29(47-23(27)2)33-46-22-51(50-33)15-17-61-16-5-14-54-37(58)53(26-9-6-24(40)7-10-26)21-38(54,3)36(57)48-25-8-13-31(55(59)60)28(18-25)39(41,42)43/h6-13,18-19,22H,4-5,14-17,20-21H2,1-3H3,(H,44,45)(H,48,57). The number of carbonyl (C=O) groups is 3. The van der Waals surface area contributed by atoms with Crippen LogP contribution in [-0.2, 0) is 27.0 Å². The molecule has 5 heterocycles. The lowest BCUT2D eigenvalue weighted by molar-refractivity contribution is -0.388. The van der Waals surface area contributed by atoms with E-state index in [4.69, 9.17) is 9.72 Å². The third-order valence-electron chi connectivity index (χ3n) is 10.2. The Balaban J connectivity index is 0.969. The number of rotatable bonds is 14. The highest BCUT2D eigenvalue weighted by Gasteiger charge is 2.52. The molecule has 1 fully saturated rings. The molecule has 1 saturated heterocycles. The molecule has 4 amide bonds. The zero-order valence-corrected chi connectivity index (χ0v) is 32.9. The van der Waals surface area contributed by atoms with Crippen molar-refractivity contribution in [3.05, 3.63) is 94.3 Å². The molecule has 0 bridgehead atoms. The van der Waals surface area contributed by atoms with Gasteiger partial charge < -0.3 is 20.3 Å². The van der Waals surface area contributed by atoms with Crippen LogP contribution < -0.4 is 20.4 Å². The van der Waals surface area contributed by atoms with E-state index in [1.807, 2.05) is 19.9 Å². The van der Waals surface area contributed by atoms with E-state index in [1.54, 1.807) is 21.8 Å². The Labute approximate surface area is 344 Å². The summed E-state index contributed by atoms with van der Waals surface area (Å²) in [5.74, 6) is -0.134. The van der Waals surface area contributed by atoms with Crippen LogP contribution in [0, 0.1) is 22.9 Å². The van der Waals surface area contributed by atoms with Gasteiger partial charge in [0.05, 0.1) is 43.1 Å². The molecule has 5 aromatic rings. The van der Waals surface area contributed by atoms with E-state index in [9.17, 15) is 42.1 Å². The number of amides is 4.